The van der Waals surface area contributed by atoms with Gasteiger partial charge in [0.2, 0.25) is 17.7 Å². The molecule has 2 aromatic rings. The predicted molar refractivity (Wildman–Crippen MR) is 119 cm³/mol. The zero-order chi connectivity index (χ0) is 22.8. The van der Waals surface area contributed by atoms with Gasteiger partial charge in [-0.15, -0.1) is 0 Å². The molecule has 166 valence electrons. The molecule has 0 saturated carbocycles. The molecule has 0 bridgehead atoms. The van der Waals surface area contributed by atoms with Gasteiger partial charge >= 0.3 is 0 Å². The molecule has 5 atom stereocenters. The van der Waals surface area contributed by atoms with E-state index in [1.54, 1.807) is 6.92 Å². The van der Waals surface area contributed by atoms with Crippen molar-refractivity contribution in [3.8, 4) is 0 Å². The SMILES string of the molecule is Cc1cc(C)c2c(c1)[C@@]1(N[C@H]([C@@H](C)O)[C@H]3C(=O)N(CCc4ccccc4)C(=O)[C@@H]31)C(=O)N2. The fourth-order valence-corrected chi connectivity index (χ4v) is 5.77. The lowest BCUT2D eigenvalue weighted by Crippen LogP contribution is -2.55. The molecule has 1 spiro atoms. The van der Waals surface area contributed by atoms with Crippen LogP contribution >= 0.6 is 0 Å². The number of likely N-dealkylation sites (tertiary alicyclic amines) is 1. The summed E-state index contributed by atoms with van der Waals surface area (Å²) in [5.41, 5.74) is 2.90. The quantitative estimate of drug-likeness (QED) is 0.637. The first-order valence-electron chi connectivity index (χ1n) is 11.0. The van der Waals surface area contributed by atoms with E-state index in [2.05, 4.69) is 10.6 Å². The summed E-state index contributed by atoms with van der Waals surface area (Å²) < 4.78 is 0. The van der Waals surface area contributed by atoms with Gasteiger partial charge in [-0.1, -0.05) is 48.0 Å². The molecular weight excluding hydrogens is 406 g/mol. The minimum atomic E-state index is -1.37. The summed E-state index contributed by atoms with van der Waals surface area (Å²) in [5, 5.41) is 16.7. The lowest BCUT2D eigenvalue weighted by molar-refractivity contribution is -0.143. The Morgan fingerprint density at radius 3 is 2.50 bits per heavy atom. The third-order valence-electron chi connectivity index (χ3n) is 7.18. The van der Waals surface area contributed by atoms with Crippen LogP contribution in [-0.4, -0.2) is 46.4 Å². The van der Waals surface area contributed by atoms with Crippen molar-refractivity contribution < 1.29 is 19.5 Å². The van der Waals surface area contributed by atoms with Crippen LogP contribution in [0.4, 0.5) is 5.69 Å². The molecule has 0 unspecified atom stereocenters. The Labute approximate surface area is 186 Å². The van der Waals surface area contributed by atoms with Gasteiger partial charge in [-0.05, 0) is 38.3 Å². The van der Waals surface area contributed by atoms with Gasteiger partial charge < -0.3 is 10.4 Å². The van der Waals surface area contributed by atoms with Gasteiger partial charge in [0.25, 0.3) is 0 Å². The molecule has 0 radical (unpaired) electrons. The van der Waals surface area contributed by atoms with Crippen LogP contribution in [0.15, 0.2) is 42.5 Å². The van der Waals surface area contributed by atoms with Crippen LogP contribution in [0, 0.1) is 25.7 Å². The highest BCUT2D eigenvalue weighted by Gasteiger charge is 2.71. The molecule has 2 aromatic carbocycles. The number of nitrogens with one attached hydrogen (secondary N) is 2. The van der Waals surface area contributed by atoms with Crippen LogP contribution in [-0.2, 0) is 26.3 Å². The molecule has 5 rings (SSSR count). The molecule has 3 heterocycles. The zero-order valence-electron chi connectivity index (χ0n) is 18.4. The maximum atomic E-state index is 13.7. The molecule has 3 amide bonds. The van der Waals surface area contributed by atoms with Gasteiger partial charge in [0.15, 0.2) is 0 Å². The highest BCUT2D eigenvalue weighted by atomic mass is 16.3. The van der Waals surface area contributed by atoms with E-state index in [9.17, 15) is 19.5 Å². The number of carbonyl (C=O) groups excluding carboxylic acids is 3. The Morgan fingerprint density at radius 2 is 1.81 bits per heavy atom. The molecule has 0 aliphatic carbocycles. The average molecular weight is 434 g/mol. The van der Waals surface area contributed by atoms with E-state index in [1.165, 1.54) is 4.90 Å². The van der Waals surface area contributed by atoms with Crippen LogP contribution in [0.25, 0.3) is 0 Å². The van der Waals surface area contributed by atoms with E-state index < -0.39 is 29.5 Å². The Morgan fingerprint density at radius 1 is 1.09 bits per heavy atom. The Hall–Kier alpha value is -3.03. The summed E-state index contributed by atoms with van der Waals surface area (Å²) in [6.07, 6.45) is -0.367. The minimum absolute atomic E-state index is 0.249. The fraction of sp³-hybridized carbons (Fsp3) is 0.400. The van der Waals surface area contributed by atoms with Gasteiger partial charge in [0.1, 0.15) is 5.54 Å². The van der Waals surface area contributed by atoms with E-state index >= 15 is 0 Å². The summed E-state index contributed by atoms with van der Waals surface area (Å²) in [6, 6.07) is 12.9. The van der Waals surface area contributed by atoms with Crippen LogP contribution in [0.5, 0.6) is 0 Å². The van der Waals surface area contributed by atoms with E-state index in [4.69, 9.17) is 0 Å². The molecule has 2 fully saturated rings. The number of aliphatic hydroxyl groups is 1. The molecule has 0 aromatic heterocycles. The number of aryl methyl sites for hydroxylation is 2. The van der Waals surface area contributed by atoms with Gasteiger partial charge in [0.05, 0.1) is 17.9 Å². The molecule has 2 saturated heterocycles. The lowest BCUT2D eigenvalue weighted by atomic mass is 9.75. The summed E-state index contributed by atoms with van der Waals surface area (Å²) in [4.78, 5) is 41.8. The van der Waals surface area contributed by atoms with Crippen LogP contribution in [0.1, 0.15) is 29.2 Å². The molecule has 3 N–H and O–H groups in total. The van der Waals surface area contributed by atoms with Crippen molar-refractivity contribution in [3.63, 3.8) is 0 Å². The zero-order valence-corrected chi connectivity index (χ0v) is 18.4. The normalized spacial score (nSPS) is 29.4. The third-order valence-corrected chi connectivity index (χ3v) is 7.18. The Balaban J connectivity index is 1.58. The molecule has 7 nitrogen and oxygen atoms in total. The number of nitrogens with zero attached hydrogens (tertiary/aromatic N) is 1. The number of fused-ring (bicyclic) bond motifs is 4. The number of hydrogen-bond acceptors (Lipinski definition) is 5. The Kier molecular flexibility index (Phi) is 4.72. The maximum absolute atomic E-state index is 13.7. The molecule has 3 aliphatic rings. The molecular formula is C25H27N3O4. The maximum Gasteiger partial charge on any atom is 0.250 e. The van der Waals surface area contributed by atoms with E-state index in [0.29, 0.717) is 17.7 Å². The number of rotatable bonds is 4. The molecule has 7 heteroatoms. The number of benzene rings is 2. The second-order valence-corrected chi connectivity index (χ2v) is 9.24. The minimum Gasteiger partial charge on any atom is -0.392 e. The first-order chi connectivity index (χ1) is 15.3. The van der Waals surface area contributed by atoms with Crippen molar-refractivity contribution in [3.05, 3.63) is 64.7 Å². The highest BCUT2D eigenvalue weighted by Crippen LogP contribution is 2.54. The third kappa shape index (κ3) is 2.77. The van der Waals surface area contributed by atoms with E-state index in [1.807, 2.05) is 56.3 Å². The number of carbonyl (C=O) groups is 3. The van der Waals surface area contributed by atoms with Crippen molar-refractivity contribution in [2.75, 3.05) is 11.9 Å². The number of amides is 3. The number of anilines is 1. The fourth-order valence-electron chi connectivity index (χ4n) is 5.77. The van der Waals surface area contributed by atoms with Crippen LogP contribution in [0.3, 0.4) is 0 Å². The standard InChI is InChI=1S/C25H27N3O4/c1-13-11-14(2)20-17(12-13)25(24(32)26-20)19-18(21(27-25)15(3)29)22(30)28(23(19)31)10-9-16-7-5-4-6-8-16/h4-8,11-12,15,18-19,21,27,29H,9-10H2,1-3H3,(H,26,32)/t15-,18+,19-,21-,25+/m1/s1. The van der Waals surface area contributed by atoms with Crippen molar-refractivity contribution in [1.82, 2.24) is 10.2 Å². The smallest absolute Gasteiger partial charge is 0.250 e. The van der Waals surface area contributed by atoms with Crippen molar-refractivity contribution >= 4 is 23.4 Å². The first kappa shape index (κ1) is 20.8. The van der Waals surface area contributed by atoms with Gasteiger partial charge in [-0.3, -0.25) is 24.6 Å². The molecule has 32 heavy (non-hydrogen) atoms. The van der Waals surface area contributed by atoms with Gasteiger partial charge in [-0.25, -0.2) is 0 Å². The van der Waals surface area contributed by atoms with Crippen molar-refractivity contribution in [2.24, 2.45) is 11.8 Å². The first-order valence-corrected chi connectivity index (χ1v) is 11.0. The average Bonchev–Trinajstić information content (AvgIpc) is 3.34. The molecule has 3 aliphatic heterocycles. The van der Waals surface area contributed by atoms with E-state index in [0.717, 1.165) is 16.7 Å². The van der Waals surface area contributed by atoms with E-state index in [-0.39, 0.29) is 24.3 Å². The second-order valence-electron chi connectivity index (χ2n) is 9.24. The largest absolute Gasteiger partial charge is 0.392 e. The second kappa shape index (κ2) is 7.25. The summed E-state index contributed by atoms with van der Waals surface area (Å²) in [6.45, 7) is 5.69. The lowest BCUT2D eigenvalue weighted by Gasteiger charge is -2.30. The van der Waals surface area contributed by atoms with Gasteiger partial charge in [0, 0.05) is 23.8 Å². The monoisotopic (exact) mass is 433 g/mol. The van der Waals surface area contributed by atoms with Crippen LogP contribution in [0.2, 0.25) is 0 Å². The number of hydrogen-bond donors (Lipinski definition) is 3. The Bertz CT molecular complexity index is 1130. The number of imide groups is 1. The van der Waals surface area contributed by atoms with Crippen LogP contribution < -0.4 is 10.6 Å². The summed E-state index contributed by atoms with van der Waals surface area (Å²) in [7, 11) is 0. The summed E-state index contributed by atoms with van der Waals surface area (Å²) in [5.74, 6) is -2.71. The highest BCUT2D eigenvalue weighted by molar-refractivity contribution is 6.15. The van der Waals surface area contributed by atoms with Gasteiger partial charge in [-0.2, -0.15) is 0 Å². The number of aliphatic hydroxyl groups excluding tert-OH is 1. The summed E-state index contributed by atoms with van der Waals surface area (Å²) >= 11 is 0. The topological polar surface area (TPSA) is 98.7 Å². The predicted octanol–water partition coefficient (Wildman–Crippen LogP) is 1.65. The van der Waals surface area contributed by atoms with Crippen molar-refractivity contribution in [1.29, 1.82) is 0 Å². The van der Waals surface area contributed by atoms with Crippen molar-refractivity contribution in [2.45, 2.75) is 44.9 Å².